The standard InChI is InChI=1S/C13H23N3O4S/c1-9(2)5-11(13(17)18)6-15-21(19,20)12-7-14-16(8-12)10(3)4/h7-11,15H,5-6H2,1-4H3,(H,17,18). The lowest BCUT2D eigenvalue weighted by atomic mass is 9.98. The molecule has 0 aliphatic heterocycles. The van der Waals surface area contributed by atoms with E-state index in [2.05, 4.69) is 9.82 Å². The van der Waals surface area contributed by atoms with Gasteiger partial charge in [0, 0.05) is 18.8 Å². The number of carboxylic acids is 1. The quantitative estimate of drug-likeness (QED) is 0.756. The van der Waals surface area contributed by atoms with Crippen molar-refractivity contribution in [3.05, 3.63) is 12.4 Å². The predicted octanol–water partition coefficient (Wildman–Crippen LogP) is 1.49. The molecule has 21 heavy (non-hydrogen) atoms. The first-order valence-corrected chi connectivity index (χ1v) is 8.38. The number of aliphatic carboxylic acids is 1. The second-order valence-electron chi connectivity index (χ2n) is 5.77. The van der Waals surface area contributed by atoms with E-state index in [1.807, 2.05) is 27.7 Å². The van der Waals surface area contributed by atoms with E-state index in [0.29, 0.717) is 6.42 Å². The first-order valence-electron chi connectivity index (χ1n) is 6.90. The van der Waals surface area contributed by atoms with Crippen LogP contribution >= 0.6 is 0 Å². The Morgan fingerprint density at radius 2 is 2.00 bits per heavy atom. The molecule has 0 bridgehead atoms. The highest BCUT2D eigenvalue weighted by Crippen LogP contribution is 2.14. The highest BCUT2D eigenvalue weighted by Gasteiger charge is 2.23. The van der Waals surface area contributed by atoms with Gasteiger partial charge in [-0.1, -0.05) is 13.8 Å². The van der Waals surface area contributed by atoms with Gasteiger partial charge < -0.3 is 5.11 Å². The number of nitrogens with one attached hydrogen (secondary N) is 1. The van der Waals surface area contributed by atoms with Gasteiger partial charge in [-0.25, -0.2) is 13.1 Å². The second-order valence-corrected chi connectivity index (χ2v) is 7.53. The molecule has 1 rings (SSSR count). The zero-order valence-corrected chi connectivity index (χ0v) is 13.6. The Morgan fingerprint density at radius 1 is 1.38 bits per heavy atom. The Kier molecular flexibility index (Phi) is 5.91. The van der Waals surface area contributed by atoms with E-state index >= 15 is 0 Å². The normalized spacial score (nSPS) is 13.8. The average molecular weight is 317 g/mol. The molecule has 1 aromatic rings. The van der Waals surface area contributed by atoms with Crippen LogP contribution < -0.4 is 4.72 Å². The van der Waals surface area contributed by atoms with Crippen molar-refractivity contribution in [1.82, 2.24) is 14.5 Å². The Bertz CT molecular complexity index is 578. The van der Waals surface area contributed by atoms with Crippen LogP contribution in [0.2, 0.25) is 0 Å². The number of hydrogen-bond donors (Lipinski definition) is 2. The van der Waals surface area contributed by atoms with Gasteiger partial charge in [-0.3, -0.25) is 9.48 Å². The van der Waals surface area contributed by atoms with E-state index in [1.165, 1.54) is 17.1 Å². The Labute approximate surface area is 125 Å². The zero-order chi connectivity index (χ0) is 16.2. The van der Waals surface area contributed by atoms with Gasteiger partial charge in [-0.15, -0.1) is 0 Å². The van der Waals surface area contributed by atoms with Crippen molar-refractivity contribution >= 4 is 16.0 Å². The first-order chi connectivity index (χ1) is 9.63. The number of nitrogens with zero attached hydrogens (tertiary/aromatic N) is 2. The fraction of sp³-hybridized carbons (Fsp3) is 0.692. The van der Waals surface area contributed by atoms with Crippen LogP contribution in [0.15, 0.2) is 17.3 Å². The smallest absolute Gasteiger partial charge is 0.307 e. The molecule has 1 aromatic heterocycles. The van der Waals surface area contributed by atoms with Gasteiger partial charge in [0.05, 0.1) is 12.1 Å². The van der Waals surface area contributed by atoms with Gasteiger partial charge in [-0.05, 0) is 26.2 Å². The van der Waals surface area contributed by atoms with E-state index in [1.54, 1.807) is 0 Å². The number of carboxylic acid groups (broad SMARTS) is 1. The molecule has 0 saturated heterocycles. The molecule has 0 saturated carbocycles. The van der Waals surface area contributed by atoms with Crippen molar-refractivity contribution in [3.8, 4) is 0 Å². The van der Waals surface area contributed by atoms with Gasteiger partial charge in [0.1, 0.15) is 4.90 Å². The van der Waals surface area contributed by atoms with Gasteiger partial charge in [0.15, 0.2) is 0 Å². The molecular weight excluding hydrogens is 294 g/mol. The van der Waals surface area contributed by atoms with Crippen LogP contribution in [0.4, 0.5) is 0 Å². The van der Waals surface area contributed by atoms with Crippen LogP contribution in [0.1, 0.15) is 40.2 Å². The van der Waals surface area contributed by atoms with Crippen molar-refractivity contribution in [2.45, 2.75) is 45.1 Å². The number of sulfonamides is 1. The van der Waals surface area contributed by atoms with Crippen LogP contribution in [0, 0.1) is 11.8 Å². The monoisotopic (exact) mass is 317 g/mol. The van der Waals surface area contributed by atoms with Crippen LogP contribution in [-0.4, -0.2) is 35.8 Å². The summed E-state index contributed by atoms with van der Waals surface area (Å²) in [5.41, 5.74) is 0. The first kappa shape index (κ1) is 17.6. The Balaban J connectivity index is 2.77. The Morgan fingerprint density at radius 3 is 2.43 bits per heavy atom. The number of aromatic nitrogens is 2. The number of carbonyl (C=O) groups is 1. The summed E-state index contributed by atoms with van der Waals surface area (Å²) >= 11 is 0. The molecule has 1 atom stereocenters. The summed E-state index contributed by atoms with van der Waals surface area (Å²) in [4.78, 5) is 11.2. The summed E-state index contributed by atoms with van der Waals surface area (Å²) in [6, 6.07) is 0.0571. The molecular formula is C13H23N3O4S. The zero-order valence-electron chi connectivity index (χ0n) is 12.8. The minimum atomic E-state index is -3.73. The summed E-state index contributed by atoms with van der Waals surface area (Å²) in [5.74, 6) is -1.55. The van der Waals surface area contributed by atoms with E-state index < -0.39 is 21.9 Å². The average Bonchev–Trinajstić information content (AvgIpc) is 2.84. The fourth-order valence-electron chi connectivity index (χ4n) is 1.88. The molecule has 0 amide bonds. The second kappa shape index (κ2) is 7.04. The maximum atomic E-state index is 12.1. The molecule has 1 heterocycles. The van der Waals surface area contributed by atoms with Crippen molar-refractivity contribution in [3.63, 3.8) is 0 Å². The summed E-state index contributed by atoms with van der Waals surface area (Å²) in [7, 11) is -3.73. The summed E-state index contributed by atoms with van der Waals surface area (Å²) in [6.45, 7) is 7.46. The summed E-state index contributed by atoms with van der Waals surface area (Å²) in [5, 5.41) is 13.1. The van der Waals surface area contributed by atoms with Crippen LogP contribution in [0.5, 0.6) is 0 Å². The largest absolute Gasteiger partial charge is 0.481 e. The summed E-state index contributed by atoms with van der Waals surface area (Å²) in [6.07, 6.45) is 3.12. The van der Waals surface area contributed by atoms with Crippen LogP contribution in [0.25, 0.3) is 0 Å². The summed E-state index contributed by atoms with van der Waals surface area (Å²) < 4.78 is 28.1. The molecule has 7 nitrogen and oxygen atoms in total. The lowest BCUT2D eigenvalue weighted by Crippen LogP contribution is -2.33. The Hall–Kier alpha value is -1.41. The number of hydrogen-bond acceptors (Lipinski definition) is 4. The lowest BCUT2D eigenvalue weighted by molar-refractivity contribution is -0.142. The van der Waals surface area contributed by atoms with Crippen molar-refractivity contribution < 1.29 is 18.3 Å². The topological polar surface area (TPSA) is 101 Å². The van der Waals surface area contributed by atoms with Gasteiger partial charge in [0.25, 0.3) is 0 Å². The molecule has 1 unspecified atom stereocenters. The maximum Gasteiger partial charge on any atom is 0.307 e. The highest BCUT2D eigenvalue weighted by molar-refractivity contribution is 7.89. The predicted molar refractivity (Wildman–Crippen MR) is 78.4 cm³/mol. The highest BCUT2D eigenvalue weighted by atomic mass is 32.2. The van der Waals surface area contributed by atoms with Crippen LogP contribution in [-0.2, 0) is 14.8 Å². The van der Waals surface area contributed by atoms with E-state index in [0.717, 1.165) is 0 Å². The number of rotatable bonds is 8. The third kappa shape index (κ3) is 5.13. The molecule has 120 valence electrons. The molecule has 0 radical (unpaired) electrons. The third-order valence-electron chi connectivity index (χ3n) is 3.04. The molecule has 0 aromatic carbocycles. The SMILES string of the molecule is CC(C)CC(CNS(=O)(=O)c1cnn(C(C)C)c1)C(=O)O. The molecule has 8 heteroatoms. The minimum absolute atomic E-state index is 0.0462. The van der Waals surface area contributed by atoms with Crippen molar-refractivity contribution in [2.24, 2.45) is 11.8 Å². The lowest BCUT2D eigenvalue weighted by Gasteiger charge is -2.15. The van der Waals surface area contributed by atoms with Crippen molar-refractivity contribution in [2.75, 3.05) is 6.54 Å². The van der Waals surface area contributed by atoms with Gasteiger partial charge in [0.2, 0.25) is 10.0 Å². The molecule has 0 aliphatic carbocycles. The fourth-order valence-corrected chi connectivity index (χ4v) is 2.90. The minimum Gasteiger partial charge on any atom is -0.481 e. The molecule has 2 N–H and O–H groups in total. The van der Waals surface area contributed by atoms with Gasteiger partial charge >= 0.3 is 5.97 Å². The van der Waals surface area contributed by atoms with Crippen LogP contribution in [0.3, 0.4) is 0 Å². The van der Waals surface area contributed by atoms with Gasteiger partial charge in [-0.2, -0.15) is 5.10 Å². The van der Waals surface area contributed by atoms with E-state index in [9.17, 15) is 13.2 Å². The van der Waals surface area contributed by atoms with Crippen molar-refractivity contribution in [1.29, 1.82) is 0 Å². The van der Waals surface area contributed by atoms with E-state index in [-0.39, 0.29) is 23.4 Å². The van der Waals surface area contributed by atoms with E-state index in [4.69, 9.17) is 5.11 Å². The molecule has 0 fully saturated rings. The maximum absolute atomic E-state index is 12.1. The molecule has 0 spiro atoms. The third-order valence-corrected chi connectivity index (χ3v) is 4.42. The molecule has 0 aliphatic rings.